The van der Waals surface area contributed by atoms with Gasteiger partial charge in [-0.2, -0.15) is 0 Å². The van der Waals surface area contributed by atoms with Crippen molar-refractivity contribution in [1.82, 2.24) is 0 Å². The second kappa shape index (κ2) is 2.92. The molecule has 2 rings (SSSR count). The van der Waals surface area contributed by atoms with E-state index in [9.17, 15) is 5.11 Å². The first-order valence-corrected chi connectivity index (χ1v) is 4.44. The van der Waals surface area contributed by atoms with Gasteiger partial charge in [-0.25, -0.2) is 0 Å². The fourth-order valence-corrected chi connectivity index (χ4v) is 1.69. The zero-order valence-corrected chi connectivity index (χ0v) is 7.27. The third-order valence-electron chi connectivity index (χ3n) is 2.65. The van der Waals surface area contributed by atoms with Gasteiger partial charge in [-0.1, -0.05) is 6.07 Å². The van der Waals surface area contributed by atoms with Crippen LogP contribution in [0.5, 0.6) is 11.5 Å². The van der Waals surface area contributed by atoms with Crippen molar-refractivity contribution >= 4 is 0 Å². The molecular weight excluding hydrogens is 166 g/mol. The van der Waals surface area contributed by atoms with Gasteiger partial charge in [0.15, 0.2) is 11.5 Å². The van der Waals surface area contributed by atoms with Crippen molar-refractivity contribution in [3.63, 3.8) is 0 Å². The maximum atomic E-state index is 9.25. The summed E-state index contributed by atoms with van der Waals surface area (Å²) in [6, 6.07) is 4.99. The maximum absolute atomic E-state index is 9.25. The van der Waals surface area contributed by atoms with E-state index in [-0.39, 0.29) is 11.5 Å². The summed E-state index contributed by atoms with van der Waals surface area (Å²) in [5.74, 6) is 0.939. The summed E-state index contributed by atoms with van der Waals surface area (Å²) in [4.78, 5) is 0. The molecule has 0 spiro atoms. The van der Waals surface area contributed by atoms with Crippen LogP contribution in [0.3, 0.4) is 0 Å². The molecule has 0 amide bonds. The van der Waals surface area contributed by atoms with Crippen LogP contribution in [0.1, 0.15) is 17.9 Å². The van der Waals surface area contributed by atoms with Gasteiger partial charge >= 0.3 is 0 Å². The first-order valence-electron chi connectivity index (χ1n) is 4.44. The lowest BCUT2D eigenvalue weighted by molar-refractivity contribution is 0.403. The average molecular weight is 179 g/mol. The van der Waals surface area contributed by atoms with E-state index in [0.717, 1.165) is 12.0 Å². The Morgan fingerprint density at radius 1 is 1.31 bits per heavy atom. The van der Waals surface area contributed by atoms with Crippen molar-refractivity contribution in [2.24, 2.45) is 11.7 Å². The zero-order valence-electron chi connectivity index (χ0n) is 7.27. The molecule has 0 radical (unpaired) electrons. The number of benzene rings is 1. The number of hydrogen-bond donors (Lipinski definition) is 3. The summed E-state index contributed by atoms with van der Waals surface area (Å²) in [6.07, 6.45) is 1.10. The number of hydrogen-bond acceptors (Lipinski definition) is 3. The van der Waals surface area contributed by atoms with Crippen LogP contribution >= 0.6 is 0 Å². The van der Waals surface area contributed by atoms with Crippen molar-refractivity contribution in [2.45, 2.75) is 12.3 Å². The Hall–Kier alpha value is -1.22. The molecule has 3 nitrogen and oxygen atoms in total. The fraction of sp³-hybridized carbons (Fsp3) is 0.400. The standard InChI is InChI=1S/C10H13NO2/c11-5-7-3-8(7)6-1-2-9(12)10(13)4-6/h1-2,4,7-8,12-13H,3,5,11H2/t7-,8-/m0/s1. The van der Waals surface area contributed by atoms with Gasteiger partial charge in [-0.05, 0) is 42.5 Å². The number of rotatable bonds is 2. The van der Waals surface area contributed by atoms with Crippen molar-refractivity contribution < 1.29 is 10.2 Å². The molecule has 0 saturated heterocycles. The lowest BCUT2D eigenvalue weighted by Crippen LogP contribution is -2.01. The molecule has 1 aliphatic rings. The average Bonchev–Trinajstić information content (AvgIpc) is 2.88. The van der Waals surface area contributed by atoms with Gasteiger partial charge in [-0.15, -0.1) is 0 Å². The molecule has 0 bridgehead atoms. The minimum absolute atomic E-state index is 0.0415. The maximum Gasteiger partial charge on any atom is 0.157 e. The van der Waals surface area contributed by atoms with Gasteiger partial charge in [0.1, 0.15) is 0 Å². The highest BCUT2D eigenvalue weighted by Crippen LogP contribution is 2.47. The van der Waals surface area contributed by atoms with Crippen molar-refractivity contribution in [3.05, 3.63) is 23.8 Å². The molecule has 0 aromatic heterocycles. The van der Waals surface area contributed by atoms with Crippen LogP contribution < -0.4 is 5.73 Å². The molecule has 1 saturated carbocycles. The second-order valence-electron chi connectivity index (χ2n) is 3.59. The predicted molar refractivity (Wildman–Crippen MR) is 49.7 cm³/mol. The molecule has 1 aliphatic carbocycles. The lowest BCUT2D eigenvalue weighted by atomic mass is 10.1. The minimum Gasteiger partial charge on any atom is -0.504 e. The summed E-state index contributed by atoms with van der Waals surface area (Å²) in [5.41, 5.74) is 6.59. The lowest BCUT2D eigenvalue weighted by Gasteiger charge is -2.01. The molecule has 0 heterocycles. The normalized spacial score (nSPS) is 25.9. The summed E-state index contributed by atoms with van der Waals surface area (Å²) in [7, 11) is 0. The van der Waals surface area contributed by atoms with E-state index in [1.807, 2.05) is 6.07 Å². The number of phenolic OH excluding ortho intramolecular Hbond substituents is 2. The molecule has 1 aromatic carbocycles. The Kier molecular flexibility index (Phi) is 1.88. The smallest absolute Gasteiger partial charge is 0.157 e. The molecule has 1 fully saturated rings. The first-order chi connectivity index (χ1) is 6.22. The number of aromatic hydroxyl groups is 2. The van der Waals surface area contributed by atoms with Crippen LogP contribution in [0.2, 0.25) is 0 Å². The summed E-state index contributed by atoms with van der Waals surface area (Å²) < 4.78 is 0. The Morgan fingerprint density at radius 2 is 2.08 bits per heavy atom. The molecule has 70 valence electrons. The highest BCUT2D eigenvalue weighted by Gasteiger charge is 2.37. The van der Waals surface area contributed by atoms with Gasteiger partial charge in [0, 0.05) is 0 Å². The fourth-order valence-electron chi connectivity index (χ4n) is 1.69. The predicted octanol–water partition coefficient (Wildman–Crippen LogP) is 1.16. The first kappa shape index (κ1) is 8.38. The van der Waals surface area contributed by atoms with Gasteiger partial charge < -0.3 is 15.9 Å². The summed E-state index contributed by atoms with van der Waals surface area (Å²) in [6.45, 7) is 0.701. The molecule has 3 heteroatoms. The second-order valence-corrected chi connectivity index (χ2v) is 3.59. The van der Waals surface area contributed by atoms with Crippen LogP contribution in [-0.4, -0.2) is 16.8 Å². The highest BCUT2D eigenvalue weighted by atomic mass is 16.3. The molecule has 0 aliphatic heterocycles. The van der Waals surface area contributed by atoms with Gasteiger partial charge in [0.2, 0.25) is 0 Å². The summed E-state index contributed by atoms with van der Waals surface area (Å²) in [5, 5.41) is 18.3. The number of nitrogens with two attached hydrogens (primary N) is 1. The van der Waals surface area contributed by atoms with Crippen molar-refractivity contribution in [1.29, 1.82) is 0 Å². The molecule has 2 atom stereocenters. The highest BCUT2D eigenvalue weighted by molar-refractivity contribution is 5.43. The van der Waals surface area contributed by atoms with Crippen molar-refractivity contribution in [3.8, 4) is 11.5 Å². The molecule has 13 heavy (non-hydrogen) atoms. The topological polar surface area (TPSA) is 66.5 Å². The van der Waals surface area contributed by atoms with Crippen LogP contribution in [-0.2, 0) is 0 Å². The SMILES string of the molecule is NC[C@@H]1C[C@H]1c1ccc(O)c(O)c1. The Balaban J connectivity index is 2.19. The van der Waals surface area contributed by atoms with E-state index >= 15 is 0 Å². The Morgan fingerprint density at radius 3 is 2.62 bits per heavy atom. The van der Waals surface area contributed by atoms with E-state index in [2.05, 4.69) is 0 Å². The monoisotopic (exact) mass is 179 g/mol. The summed E-state index contributed by atoms with van der Waals surface area (Å²) >= 11 is 0. The molecule has 4 N–H and O–H groups in total. The van der Waals surface area contributed by atoms with Gasteiger partial charge in [0.25, 0.3) is 0 Å². The van der Waals surface area contributed by atoms with Crippen LogP contribution in [0, 0.1) is 5.92 Å². The molecule has 0 unspecified atom stereocenters. The van der Waals surface area contributed by atoms with Crippen LogP contribution in [0.4, 0.5) is 0 Å². The largest absolute Gasteiger partial charge is 0.504 e. The van der Waals surface area contributed by atoms with Gasteiger partial charge in [0.05, 0.1) is 0 Å². The van der Waals surface area contributed by atoms with E-state index < -0.39 is 0 Å². The zero-order chi connectivity index (χ0) is 9.42. The molecular formula is C10H13NO2. The van der Waals surface area contributed by atoms with Crippen LogP contribution in [0.15, 0.2) is 18.2 Å². The Bertz CT molecular complexity index is 325. The van der Waals surface area contributed by atoms with Crippen molar-refractivity contribution in [2.75, 3.05) is 6.54 Å². The van der Waals surface area contributed by atoms with E-state index in [0.29, 0.717) is 18.4 Å². The van der Waals surface area contributed by atoms with E-state index in [1.54, 1.807) is 6.07 Å². The Labute approximate surface area is 76.8 Å². The number of phenols is 2. The third kappa shape index (κ3) is 1.47. The van der Waals surface area contributed by atoms with E-state index in [1.165, 1.54) is 6.07 Å². The van der Waals surface area contributed by atoms with Crippen LogP contribution in [0.25, 0.3) is 0 Å². The minimum atomic E-state index is -0.0614. The van der Waals surface area contributed by atoms with E-state index in [4.69, 9.17) is 10.8 Å². The third-order valence-corrected chi connectivity index (χ3v) is 2.65. The molecule has 1 aromatic rings. The quantitative estimate of drug-likeness (QED) is 0.597. The van der Waals surface area contributed by atoms with Gasteiger partial charge in [-0.3, -0.25) is 0 Å².